The van der Waals surface area contributed by atoms with Gasteiger partial charge in [0.05, 0.1) is 11.6 Å². The molecule has 0 aromatic heterocycles. The molecule has 9 heteroatoms. The minimum atomic E-state index is -0.547. The molecule has 7 nitrogen and oxygen atoms in total. The van der Waals surface area contributed by atoms with E-state index >= 15 is 0 Å². The fraction of sp³-hybridized carbons (Fsp3) is 0.222. The number of carbonyl (C=O) groups is 2. The van der Waals surface area contributed by atoms with Gasteiger partial charge in [-0.05, 0) is 42.5 Å². The van der Waals surface area contributed by atoms with Crippen LogP contribution in [0.25, 0.3) is 0 Å². The van der Waals surface area contributed by atoms with E-state index in [1.54, 1.807) is 43.5 Å². The Morgan fingerprint density at radius 1 is 0.963 bits per heavy atom. The first-order chi connectivity index (χ1) is 13.0. The third-order valence-electron chi connectivity index (χ3n) is 3.24. The lowest BCUT2D eigenvalue weighted by Gasteiger charge is -2.10. The van der Waals surface area contributed by atoms with Crippen LogP contribution in [0.15, 0.2) is 42.5 Å². The minimum Gasteiger partial charge on any atom is -0.491 e. The molecule has 0 saturated heterocycles. The van der Waals surface area contributed by atoms with E-state index in [2.05, 4.69) is 10.9 Å². The largest absolute Gasteiger partial charge is 0.491 e. The molecule has 27 heavy (non-hydrogen) atoms. The monoisotopic (exact) mass is 412 g/mol. The van der Waals surface area contributed by atoms with Crippen molar-refractivity contribution in [2.24, 2.45) is 0 Å². The average molecular weight is 413 g/mol. The van der Waals surface area contributed by atoms with Crippen LogP contribution in [0.1, 0.15) is 10.4 Å². The smallest absolute Gasteiger partial charge is 0.276 e. The standard InChI is InChI=1S/C18H18Cl2N2O5/c1-25-8-9-26-14-5-2-12(3-6-14)18(24)22-21-17(23)11-27-16-7-4-13(19)10-15(16)20/h2-7,10H,8-9,11H2,1H3,(H,21,23)(H,22,24). The Morgan fingerprint density at radius 2 is 1.70 bits per heavy atom. The highest BCUT2D eigenvalue weighted by molar-refractivity contribution is 6.35. The van der Waals surface area contributed by atoms with Crippen LogP contribution >= 0.6 is 23.2 Å². The summed E-state index contributed by atoms with van der Waals surface area (Å²) in [5, 5.41) is 0.742. The summed E-state index contributed by atoms with van der Waals surface area (Å²) in [5.41, 5.74) is 4.91. The van der Waals surface area contributed by atoms with Gasteiger partial charge < -0.3 is 14.2 Å². The van der Waals surface area contributed by atoms with Crippen LogP contribution in [-0.2, 0) is 9.53 Å². The number of amides is 2. The first kappa shape index (κ1) is 20.8. The van der Waals surface area contributed by atoms with Crippen molar-refractivity contribution in [1.29, 1.82) is 0 Å². The van der Waals surface area contributed by atoms with Gasteiger partial charge in [0.25, 0.3) is 11.8 Å². The molecule has 2 aromatic rings. The van der Waals surface area contributed by atoms with Crippen molar-refractivity contribution >= 4 is 35.0 Å². The molecule has 144 valence electrons. The van der Waals surface area contributed by atoms with Crippen LogP contribution < -0.4 is 20.3 Å². The summed E-state index contributed by atoms with van der Waals surface area (Å²) >= 11 is 11.7. The Balaban J connectivity index is 1.76. The number of benzene rings is 2. The van der Waals surface area contributed by atoms with E-state index in [1.807, 2.05) is 0 Å². The van der Waals surface area contributed by atoms with Gasteiger partial charge >= 0.3 is 0 Å². The van der Waals surface area contributed by atoms with Gasteiger partial charge in [-0.25, -0.2) is 0 Å². The average Bonchev–Trinajstić information content (AvgIpc) is 2.66. The minimum absolute atomic E-state index is 0.284. The molecule has 0 bridgehead atoms. The van der Waals surface area contributed by atoms with Crippen molar-refractivity contribution in [2.75, 3.05) is 26.9 Å². The maximum absolute atomic E-state index is 12.0. The van der Waals surface area contributed by atoms with Crippen LogP contribution in [0.3, 0.4) is 0 Å². The number of methoxy groups -OCH3 is 1. The number of hydrazine groups is 1. The van der Waals surface area contributed by atoms with Crippen molar-refractivity contribution in [1.82, 2.24) is 10.9 Å². The van der Waals surface area contributed by atoms with E-state index < -0.39 is 11.8 Å². The van der Waals surface area contributed by atoms with Crippen molar-refractivity contribution in [3.63, 3.8) is 0 Å². The molecular weight excluding hydrogens is 395 g/mol. The zero-order valence-electron chi connectivity index (χ0n) is 14.5. The Bertz CT molecular complexity index is 784. The number of hydrogen-bond acceptors (Lipinski definition) is 5. The lowest BCUT2D eigenvalue weighted by Crippen LogP contribution is -2.43. The number of nitrogens with one attached hydrogen (secondary N) is 2. The fourth-order valence-corrected chi connectivity index (χ4v) is 2.38. The van der Waals surface area contributed by atoms with E-state index in [4.69, 9.17) is 37.4 Å². The predicted octanol–water partition coefficient (Wildman–Crippen LogP) is 2.86. The first-order valence-electron chi connectivity index (χ1n) is 7.88. The van der Waals surface area contributed by atoms with E-state index in [0.29, 0.717) is 35.3 Å². The second-order valence-corrected chi connectivity index (χ2v) is 6.07. The summed E-state index contributed by atoms with van der Waals surface area (Å²) in [5.74, 6) is -0.0994. The second kappa shape index (κ2) is 10.6. The van der Waals surface area contributed by atoms with E-state index in [9.17, 15) is 9.59 Å². The van der Waals surface area contributed by atoms with Crippen molar-refractivity contribution in [2.45, 2.75) is 0 Å². The number of ether oxygens (including phenoxy) is 3. The summed E-state index contributed by atoms with van der Waals surface area (Å²) in [4.78, 5) is 23.8. The van der Waals surface area contributed by atoms with Crippen LogP contribution in [0.2, 0.25) is 10.0 Å². The van der Waals surface area contributed by atoms with Gasteiger partial charge in [0.2, 0.25) is 0 Å². The molecule has 0 fully saturated rings. The summed E-state index contributed by atoms with van der Waals surface area (Å²) in [6, 6.07) is 11.1. The van der Waals surface area contributed by atoms with Crippen molar-refractivity contribution in [3.05, 3.63) is 58.1 Å². The maximum Gasteiger partial charge on any atom is 0.276 e. The third kappa shape index (κ3) is 6.97. The van der Waals surface area contributed by atoms with Gasteiger partial charge in [-0.3, -0.25) is 20.4 Å². The summed E-state index contributed by atoms with van der Waals surface area (Å²) in [6.45, 7) is 0.557. The molecule has 0 spiro atoms. The number of carbonyl (C=O) groups excluding carboxylic acids is 2. The quantitative estimate of drug-likeness (QED) is 0.514. The summed E-state index contributed by atoms with van der Waals surface area (Å²) in [7, 11) is 1.58. The number of halogens is 2. The molecule has 2 aromatic carbocycles. The highest BCUT2D eigenvalue weighted by Gasteiger charge is 2.09. The zero-order valence-corrected chi connectivity index (χ0v) is 16.0. The molecule has 2 amide bonds. The Morgan fingerprint density at radius 3 is 2.37 bits per heavy atom. The number of hydrogen-bond donors (Lipinski definition) is 2. The molecular formula is C18H18Cl2N2O5. The van der Waals surface area contributed by atoms with Gasteiger partial charge in [0.1, 0.15) is 18.1 Å². The molecule has 0 aliphatic rings. The van der Waals surface area contributed by atoms with E-state index in [-0.39, 0.29) is 11.6 Å². The van der Waals surface area contributed by atoms with Crippen LogP contribution in [0, 0.1) is 0 Å². The molecule has 0 atom stereocenters. The topological polar surface area (TPSA) is 85.9 Å². The second-order valence-electron chi connectivity index (χ2n) is 5.23. The van der Waals surface area contributed by atoms with Gasteiger partial charge in [-0.1, -0.05) is 23.2 Å². The zero-order chi connectivity index (χ0) is 19.6. The highest BCUT2D eigenvalue weighted by Crippen LogP contribution is 2.27. The van der Waals surface area contributed by atoms with Crippen LogP contribution in [-0.4, -0.2) is 38.7 Å². The maximum atomic E-state index is 12.0. The molecule has 0 radical (unpaired) electrons. The predicted molar refractivity (Wildman–Crippen MR) is 101 cm³/mol. The van der Waals surface area contributed by atoms with Gasteiger partial charge in [-0.2, -0.15) is 0 Å². The van der Waals surface area contributed by atoms with E-state index in [1.165, 1.54) is 6.07 Å². The van der Waals surface area contributed by atoms with Gasteiger partial charge in [0.15, 0.2) is 6.61 Å². The fourth-order valence-electron chi connectivity index (χ4n) is 1.92. The SMILES string of the molecule is COCCOc1ccc(C(=O)NNC(=O)COc2ccc(Cl)cc2Cl)cc1. The Kier molecular flexibility index (Phi) is 8.19. The molecule has 0 aliphatic heterocycles. The normalized spacial score (nSPS) is 10.2. The summed E-state index contributed by atoms with van der Waals surface area (Å²) in [6.07, 6.45) is 0. The van der Waals surface area contributed by atoms with Gasteiger partial charge in [0, 0.05) is 17.7 Å². The Labute approximate surface area is 166 Å². The molecule has 0 heterocycles. The molecule has 2 rings (SSSR count). The third-order valence-corrected chi connectivity index (χ3v) is 3.77. The lowest BCUT2D eigenvalue weighted by molar-refractivity contribution is -0.123. The van der Waals surface area contributed by atoms with Crippen molar-refractivity contribution < 1.29 is 23.8 Å². The van der Waals surface area contributed by atoms with E-state index in [0.717, 1.165) is 0 Å². The van der Waals surface area contributed by atoms with Gasteiger partial charge in [-0.15, -0.1) is 0 Å². The highest BCUT2D eigenvalue weighted by atomic mass is 35.5. The molecule has 0 aliphatic carbocycles. The summed E-state index contributed by atoms with van der Waals surface area (Å²) < 4.78 is 15.6. The molecule has 2 N–H and O–H groups in total. The first-order valence-corrected chi connectivity index (χ1v) is 8.64. The molecule has 0 unspecified atom stereocenters. The van der Waals surface area contributed by atoms with Crippen LogP contribution in [0.5, 0.6) is 11.5 Å². The Hall–Kier alpha value is -2.48. The lowest BCUT2D eigenvalue weighted by atomic mass is 10.2. The number of rotatable bonds is 8. The molecule has 0 saturated carbocycles. The van der Waals surface area contributed by atoms with Crippen molar-refractivity contribution in [3.8, 4) is 11.5 Å². The van der Waals surface area contributed by atoms with Crippen LogP contribution in [0.4, 0.5) is 0 Å².